The molecule has 1 N–H and O–H groups in total. The van der Waals surface area contributed by atoms with Crippen LogP contribution in [0.2, 0.25) is 5.02 Å². The molecule has 2 aliphatic heterocycles. The number of nitrogens with zero attached hydrogens (tertiary/aromatic N) is 1. The van der Waals surface area contributed by atoms with E-state index in [0.717, 1.165) is 53.0 Å². The van der Waals surface area contributed by atoms with Crippen molar-refractivity contribution < 1.29 is 4.74 Å². The third-order valence-electron chi connectivity index (χ3n) is 4.36. The predicted molar refractivity (Wildman–Crippen MR) is 95.8 cm³/mol. The number of piperidine rings is 1. The van der Waals surface area contributed by atoms with Gasteiger partial charge in [-0.3, -0.25) is 4.98 Å². The van der Waals surface area contributed by atoms with Crippen molar-refractivity contribution >= 4 is 33.1 Å². The highest BCUT2D eigenvalue weighted by molar-refractivity contribution is 9.10. The maximum absolute atomic E-state index is 6.28. The molecule has 1 aromatic carbocycles. The third-order valence-corrected chi connectivity index (χ3v) is 5.56. The highest BCUT2D eigenvalue weighted by atomic mass is 79.9. The Hall–Kier alpha value is -1.36. The van der Waals surface area contributed by atoms with Crippen molar-refractivity contribution in [1.29, 1.82) is 0 Å². The van der Waals surface area contributed by atoms with E-state index in [0.29, 0.717) is 11.6 Å². The summed E-state index contributed by atoms with van der Waals surface area (Å²) in [7, 11) is 0. The van der Waals surface area contributed by atoms with Gasteiger partial charge in [-0.1, -0.05) is 23.2 Å². The molecule has 0 unspecified atom stereocenters. The molecule has 0 saturated carbocycles. The molecule has 1 fully saturated rings. The summed E-state index contributed by atoms with van der Waals surface area (Å²) in [6, 6.07) is 8.01. The van der Waals surface area contributed by atoms with Gasteiger partial charge in [-0.25, -0.2) is 0 Å². The van der Waals surface area contributed by atoms with Gasteiger partial charge in [0.05, 0.1) is 10.7 Å². The minimum atomic E-state index is 0.517. The molecule has 3 nitrogen and oxygen atoms in total. The van der Waals surface area contributed by atoms with E-state index in [1.165, 1.54) is 11.1 Å². The van der Waals surface area contributed by atoms with E-state index in [1.54, 1.807) is 0 Å². The summed E-state index contributed by atoms with van der Waals surface area (Å²) in [6.45, 7) is 2.53. The van der Waals surface area contributed by atoms with Gasteiger partial charge in [-0.2, -0.15) is 0 Å². The number of ether oxygens (including phenoxy) is 1. The highest BCUT2D eigenvalue weighted by Crippen LogP contribution is 2.42. The SMILES string of the molecule is Clc1cc2c(cc1Br)C(=C1CCNCC1)c1ncccc1CO2. The summed E-state index contributed by atoms with van der Waals surface area (Å²) in [6.07, 6.45) is 3.92. The van der Waals surface area contributed by atoms with Crippen LogP contribution >= 0.6 is 27.5 Å². The number of hydrogen-bond donors (Lipinski definition) is 1. The first-order valence-electron chi connectivity index (χ1n) is 7.73. The molecular weight excluding hydrogens is 376 g/mol. The molecule has 0 radical (unpaired) electrons. The zero-order chi connectivity index (χ0) is 15.8. The molecule has 0 bridgehead atoms. The Bertz CT molecular complexity index is 796. The normalized spacial score (nSPS) is 17.1. The van der Waals surface area contributed by atoms with E-state index in [4.69, 9.17) is 16.3 Å². The molecule has 118 valence electrons. The Morgan fingerprint density at radius 2 is 2.04 bits per heavy atom. The molecule has 2 aliphatic rings. The Morgan fingerprint density at radius 3 is 2.87 bits per heavy atom. The van der Waals surface area contributed by atoms with Gasteiger partial charge >= 0.3 is 0 Å². The lowest BCUT2D eigenvalue weighted by Crippen LogP contribution is -2.24. The highest BCUT2D eigenvalue weighted by Gasteiger charge is 2.25. The van der Waals surface area contributed by atoms with Gasteiger partial charge < -0.3 is 10.1 Å². The van der Waals surface area contributed by atoms with E-state index in [2.05, 4.69) is 38.4 Å². The number of hydrogen-bond acceptors (Lipinski definition) is 3. The lowest BCUT2D eigenvalue weighted by Gasteiger charge is -2.21. The summed E-state index contributed by atoms with van der Waals surface area (Å²) in [5.41, 5.74) is 5.89. The molecule has 23 heavy (non-hydrogen) atoms. The van der Waals surface area contributed by atoms with E-state index in [1.807, 2.05) is 18.3 Å². The number of benzene rings is 1. The van der Waals surface area contributed by atoms with Crippen molar-refractivity contribution in [3.63, 3.8) is 0 Å². The fourth-order valence-electron chi connectivity index (χ4n) is 3.24. The number of pyridine rings is 1. The van der Waals surface area contributed by atoms with Gasteiger partial charge in [0.15, 0.2) is 0 Å². The average molecular weight is 392 g/mol. The van der Waals surface area contributed by atoms with E-state index in [9.17, 15) is 0 Å². The molecule has 0 spiro atoms. The molecular formula is C18H16BrClN2O. The average Bonchev–Trinajstić information content (AvgIpc) is 2.73. The molecule has 4 rings (SSSR count). The van der Waals surface area contributed by atoms with Gasteiger partial charge in [0.1, 0.15) is 12.4 Å². The van der Waals surface area contributed by atoms with Crippen LogP contribution < -0.4 is 10.1 Å². The topological polar surface area (TPSA) is 34.2 Å². The van der Waals surface area contributed by atoms with Gasteiger partial charge in [-0.05, 0) is 54.0 Å². The summed E-state index contributed by atoms with van der Waals surface area (Å²) in [5, 5.41) is 4.09. The van der Waals surface area contributed by atoms with Crippen molar-refractivity contribution in [3.8, 4) is 5.75 Å². The lowest BCUT2D eigenvalue weighted by molar-refractivity contribution is 0.307. The van der Waals surface area contributed by atoms with Crippen molar-refractivity contribution in [2.75, 3.05) is 13.1 Å². The summed E-state index contributed by atoms with van der Waals surface area (Å²) in [5.74, 6) is 0.831. The van der Waals surface area contributed by atoms with Crippen LogP contribution in [0.4, 0.5) is 0 Å². The summed E-state index contributed by atoms with van der Waals surface area (Å²) < 4.78 is 6.92. The van der Waals surface area contributed by atoms with Crippen molar-refractivity contribution in [1.82, 2.24) is 10.3 Å². The van der Waals surface area contributed by atoms with Crippen LogP contribution in [0.5, 0.6) is 5.75 Å². The Kier molecular flexibility index (Phi) is 4.14. The first-order valence-corrected chi connectivity index (χ1v) is 8.90. The zero-order valence-corrected chi connectivity index (χ0v) is 14.9. The van der Waals surface area contributed by atoms with Gasteiger partial charge in [0, 0.05) is 33.4 Å². The molecule has 0 aliphatic carbocycles. The molecule has 1 saturated heterocycles. The number of nitrogens with one attached hydrogen (secondary N) is 1. The third kappa shape index (κ3) is 2.80. The smallest absolute Gasteiger partial charge is 0.129 e. The van der Waals surface area contributed by atoms with E-state index >= 15 is 0 Å². The van der Waals surface area contributed by atoms with Crippen LogP contribution in [-0.4, -0.2) is 18.1 Å². The van der Waals surface area contributed by atoms with Gasteiger partial charge in [0.25, 0.3) is 0 Å². The Morgan fingerprint density at radius 1 is 1.22 bits per heavy atom. The second kappa shape index (κ2) is 6.27. The van der Waals surface area contributed by atoms with Crippen molar-refractivity contribution in [2.45, 2.75) is 19.4 Å². The zero-order valence-electron chi connectivity index (χ0n) is 12.5. The minimum absolute atomic E-state index is 0.517. The molecule has 5 heteroatoms. The summed E-state index contributed by atoms with van der Waals surface area (Å²) in [4.78, 5) is 4.68. The van der Waals surface area contributed by atoms with Crippen LogP contribution in [0, 0.1) is 0 Å². The van der Waals surface area contributed by atoms with Crippen LogP contribution in [0.1, 0.15) is 29.7 Å². The van der Waals surface area contributed by atoms with Crippen molar-refractivity contribution in [2.24, 2.45) is 0 Å². The Balaban J connectivity index is 2.00. The lowest BCUT2D eigenvalue weighted by atomic mass is 9.89. The first kappa shape index (κ1) is 15.2. The van der Waals surface area contributed by atoms with Crippen LogP contribution in [-0.2, 0) is 6.61 Å². The maximum Gasteiger partial charge on any atom is 0.129 e. The number of fused-ring (bicyclic) bond motifs is 2. The van der Waals surface area contributed by atoms with Gasteiger partial charge in [-0.15, -0.1) is 0 Å². The van der Waals surface area contributed by atoms with Crippen LogP contribution in [0.15, 0.2) is 40.5 Å². The molecule has 2 aromatic rings. The largest absolute Gasteiger partial charge is 0.488 e. The van der Waals surface area contributed by atoms with Crippen LogP contribution in [0.3, 0.4) is 0 Å². The summed E-state index contributed by atoms with van der Waals surface area (Å²) >= 11 is 9.82. The number of halogens is 2. The molecule has 0 atom stereocenters. The predicted octanol–water partition coefficient (Wildman–Crippen LogP) is 4.58. The quantitative estimate of drug-likeness (QED) is 0.714. The first-order chi connectivity index (χ1) is 11.2. The van der Waals surface area contributed by atoms with E-state index in [-0.39, 0.29) is 0 Å². The molecule has 0 amide bonds. The van der Waals surface area contributed by atoms with Gasteiger partial charge in [0.2, 0.25) is 0 Å². The van der Waals surface area contributed by atoms with Crippen molar-refractivity contribution in [3.05, 3.63) is 62.4 Å². The standard InChI is InChI=1S/C18H16BrClN2O/c19-14-8-13-16(9-15(14)20)23-10-12-2-1-5-22-18(12)17(13)11-3-6-21-7-4-11/h1-2,5,8-9,21H,3-4,6-7,10H2. The molecule has 3 heterocycles. The van der Waals surface area contributed by atoms with Crippen LogP contribution in [0.25, 0.3) is 5.57 Å². The fourth-order valence-corrected chi connectivity index (χ4v) is 3.74. The van der Waals surface area contributed by atoms with E-state index < -0.39 is 0 Å². The second-order valence-corrected chi connectivity index (χ2v) is 7.05. The monoisotopic (exact) mass is 390 g/mol. The Labute approximate surface area is 148 Å². The maximum atomic E-state index is 6.28. The molecule has 1 aromatic heterocycles. The number of rotatable bonds is 0. The second-order valence-electron chi connectivity index (χ2n) is 5.79. The number of aromatic nitrogens is 1. The minimum Gasteiger partial charge on any atom is -0.488 e. The fraction of sp³-hybridized carbons (Fsp3) is 0.278.